The fourth-order valence-corrected chi connectivity index (χ4v) is 1.70. The third kappa shape index (κ3) is 2.43. The van der Waals surface area contributed by atoms with E-state index in [1.165, 1.54) is 0 Å². The molecule has 13 heavy (non-hydrogen) atoms. The van der Waals surface area contributed by atoms with Crippen molar-refractivity contribution in [3.63, 3.8) is 0 Å². The van der Waals surface area contributed by atoms with Crippen LogP contribution in [-0.4, -0.2) is 37.1 Å². The third-order valence-corrected chi connectivity index (χ3v) is 2.29. The summed E-state index contributed by atoms with van der Waals surface area (Å²) in [5, 5.41) is 8.38. The first-order valence-corrected chi connectivity index (χ1v) is 4.45. The topological polar surface area (TPSA) is 53.3 Å². The average Bonchev–Trinajstić information content (AvgIpc) is 2.54. The maximum Gasteiger partial charge on any atom is 0.237 e. The summed E-state index contributed by atoms with van der Waals surface area (Å²) in [5.74, 6) is -0.0675. The van der Waals surface area contributed by atoms with E-state index < -0.39 is 0 Å². The molecular formula is C9H14N2O2. The van der Waals surface area contributed by atoms with Crippen LogP contribution in [0.2, 0.25) is 0 Å². The second-order valence-electron chi connectivity index (χ2n) is 3.17. The zero-order valence-electron chi connectivity index (χ0n) is 7.82. The summed E-state index contributed by atoms with van der Waals surface area (Å²) in [6, 6.07) is 2.06. The zero-order valence-corrected chi connectivity index (χ0v) is 7.82. The van der Waals surface area contributed by atoms with Gasteiger partial charge in [-0.3, -0.25) is 4.79 Å². The standard InChI is InChI=1S/C9H14N2O2/c1-13-7-8-3-2-6-11(8)9(12)4-5-10/h8H,2-4,6-7H2,1H3/t8-/m1/s1. The SMILES string of the molecule is COC[C@H]1CCCN1C(=O)CC#N. The molecule has 1 aliphatic rings. The van der Waals surface area contributed by atoms with Gasteiger partial charge in [0.15, 0.2) is 0 Å². The number of ether oxygens (including phenoxy) is 1. The van der Waals surface area contributed by atoms with Gasteiger partial charge in [0, 0.05) is 13.7 Å². The van der Waals surface area contributed by atoms with E-state index in [9.17, 15) is 4.79 Å². The number of amides is 1. The van der Waals surface area contributed by atoms with Crippen LogP contribution in [0.3, 0.4) is 0 Å². The second-order valence-corrected chi connectivity index (χ2v) is 3.17. The van der Waals surface area contributed by atoms with Gasteiger partial charge in [0.05, 0.1) is 18.7 Å². The van der Waals surface area contributed by atoms with Crippen LogP contribution < -0.4 is 0 Å². The second kappa shape index (κ2) is 4.83. The maximum absolute atomic E-state index is 11.4. The molecule has 0 unspecified atom stereocenters. The summed E-state index contributed by atoms with van der Waals surface area (Å²) in [7, 11) is 1.63. The molecule has 0 bridgehead atoms. The molecule has 0 N–H and O–H groups in total. The molecule has 4 heteroatoms. The van der Waals surface area contributed by atoms with Crippen molar-refractivity contribution in [1.82, 2.24) is 4.90 Å². The first-order valence-electron chi connectivity index (χ1n) is 4.45. The number of likely N-dealkylation sites (tertiary alicyclic amines) is 1. The number of hydrogen-bond acceptors (Lipinski definition) is 3. The summed E-state index contributed by atoms with van der Waals surface area (Å²) in [5.41, 5.74) is 0. The zero-order chi connectivity index (χ0) is 9.68. The Hall–Kier alpha value is -1.08. The van der Waals surface area contributed by atoms with E-state index in [2.05, 4.69) is 0 Å². The Kier molecular flexibility index (Phi) is 3.71. The predicted molar refractivity (Wildman–Crippen MR) is 46.8 cm³/mol. The van der Waals surface area contributed by atoms with Gasteiger partial charge < -0.3 is 9.64 Å². The molecule has 1 aliphatic heterocycles. The molecule has 0 aliphatic carbocycles. The van der Waals surface area contributed by atoms with Crippen LogP contribution in [0.4, 0.5) is 0 Å². The Morgan fingerprint density at radius 1 is 1.77 bits per heavy atom. The van der Waals surface area contributed by atoms with Crippen LogP contribution >= 0.6 is 0 Å². The first-order chi connectivity index (χ1) is 6.29. The van der Waals surface area contributed by atoms with Gasteiger partial charge >= 0.3 is 0 Å². The van der Waals surface area contributed by atoms with Gasteiger partial charge in [-0.05, 0) is 12.8 Å². The monoisotopic (exact) mass is 182 g/mol. The number of carbonyl (C=O) groups excluding carboxylic acids is 1. The summed E-state index contributed by atoms with van der Waals surface area (Å²) >= 11 is 0. The van der Waals surface area contributed by atoms with Gasteiger partial charge in [-0.25, -0.2) is 0 Å². The van der Waals surface area contributed by atoms with E-state index >= 15 is 0 Å². The normalized spacial score (nSPS) is 21.5. The molecule has 1 fully saturated rings. The largest absolute Gasteiger partial charge is 0.383 e. The van der Waals surface area contributed by atoms with Crippen molar-refractivity contribution in [3.8, 4) is 6.07 Å². The molecule has 0 aromatic heterocycles. The molecule has 1 saturated heterocycles. The van der Waals surface area contributed by atoms with E-state index in [1.807, 2.05) is 6.07 Å². The van der Waals surface area contributed by atoms with Gasteiger partial charge in [0.1, 0.15) is 6.42 Å². The number of hydrogen-bond donors (Lipinski definition) is 0. The van der Waals surface area contributed by atoms with Crippen LogP contribution in [0.5, 0.6) is 0 Å². The molecule has 0 saturated carbocycles. The summed E-state index contributed by atoms with van der Waals surface area (Å²) in [6.07, 6.45) is 2.00. The summed E-state index contributed by atoms with van der Waals surface area (Å²) in [6.45, 7) is 1.35. The predicted octanol–water partition coefficient (Wildman–Crippen LogP) is 0.537. The Bertz CT molecular complexity index is 222. The lowest BCUT2D eigenvalue weighted by Gasteiger charge is -2.22. The molecule has 0 spiro atoms. The number of nitriles is 1. The van der Waals surface area contributed by atoms with E-state index in [4.69, 9.17) is 10.00 Å². The van der Waals surface area contributed by atoms with Gasteiger partial charge in [0.25, 0.3) is 0 Å². The quantitative estimate of drug-likeness (QED) is 0.640. The van der Waals surface area contributed by atoms with Gasteiger partial charge in [-0.1, -0.05) is 0 Å². The van der Waals surface area contributed by atoms with Crippen molar-refractivity contribution in [3.05, 3.63) is 0 Å². The van der Waals surface area contributed by atoms with Crippen molar-refractivity contribution < 1.29 is 9.53 Å². The molecule has 72 valence electrons. The maximum atomic E-state index is 11.4. The minimum atomic E-state index is -0.0675. The van der Waals surface area contributed by atoms with Crippen LogP contribution in [0.25, 0.3) is 0 Å². The third-order valence-electron chi connectivity index (χ3n) is 2.29. The highest BCUT2D eigenvalue weighted by atomic mass is 16.5. The highest BCUT2D eigenvalue weighted by Gasteiger charge is 2.27. The highest BCUT2D eigenvalue weighted by molar-refractivity contribution is 5.78. The molecule has 4 nitrogen and oxygen atoms in total. The van der Waals surface area contributed by atoms with Gasteiger partial charge in [0.2, 0.25) is 5.91 Å². The molecule has 0 aromatic carbocycles. The van der Waals surface area contributed by atoms with Crippen LogP contribution in [-0.2, 0) is 9.53 Å². The lowest BCUT2D eigenvalue weighted by atomic mass is 10.2. The van der Waals surface area contributed by atoms with Crippen LogP contribution in [0.15, 0.2) is 0 Å². The first kappa shape index (κ1) is 10.0. The Labute approximate surface area is 78.1 Å². The molecule has 0 radical (unpaired) electrons. The fourth-order valence-electron chi connectivity index (χ4n) is 1.70. The van der Waals surface area contributed by atoms with Crippen molar-refractivity contribution in [2.75, 3.05) is 20.3 Å². The molecule has 1 heterocycles. The lowest BCUT2D eigenvalue weighted by Crippen LogP contribution is -2.37. The van der Waals surface area contributed by atoms with Crippen LogP contribution in [0, 0.1) is 11.3 Å². The molecule has 0 aromatic rings. The molecule has 1 amide bonds. The van der Waals surface area contributed by atoms with Crippen molar-refractivity contribution >= 4 is 5.91 Å². The Morgan fingerprint density at radius 3 is 3.15 bits per heavy atom. The number of methoxy groups -OCH3 is 1. The highest BCUT2D eigenvalue weighted by Crippen LogP contribution is 2.17. The Morgan fingerprint density at radius 2 is 2.54 bits per heavy atom. The minimum Gasteiger partial charge on any atom is -0.383 e. The molecular weight excluding hydrogens is 168 g/mol. The van der Waals surface area contributed by atoms with Crippen LogP contribution in [0.1, 0.15) is 19.3 Å². The van der Waals surface area contributed by atoms with Gasteiger partial charge in [-0.15, -0.1) is 0 Å². The lowest BCUT2D eigenvalue weighted by molar-refractivity contribution is -0.131. The van der Waals surface area contributed by atoms with Crippen molar-refractivity contribution in [2.24, 2.45) is 0 Å². The fraction of sp³-hybridized carbons (Fsp3) is 0.778. The number of nitrogens with zero attached hydrogens (tertiary/aromatic N) is 2. The number of rotatable bonds is 3. The van der Waals surface area contributed by atoms with Crippen molar-refractivity contribution in [1.29, 1.82) is 5.26 Å². The van der Waals surface area contributed by atoms with E-state index in [1.54, 1.807) is 12.0 Å². The van der Waals surface area contributed by atoms with E-state index in [0.717, 1.165) is 19.4 Å². The number of carbonyl (C=O) groups is 1. The van der Waals surface area contributed by atoms with E-state index in [-0.39, 0.29) is 18.4 Å². The Balaban J connectivity index is 2.48. The minimum absolute atomic E-state index is 0.0137. The smallest absolute Gasteiger partial charge is 0.237 e. The molecule has 1 rings (SSSR count). The molecule has 1 atom stereocenters. The van der Waals surface area contributed by atoms with Gasteiger partial charge in [-0.2, -0.15) is 5.26 Å². The van der Waals surface area contributed by atoms with E-state index in [0.29, 0.717) is 6.61 Å². The average molecular weight is 182 g/mol. The summed E-state index contributed by atoms with van der Waals surface area (Å²) in [4.78, 5) is 13.1. The summed E-state index contributed by atoms with van der Waals surface area (Å²) < 4.78 is 5.01. The van der Waals surface area contributed by atoms with Crippen molar-refractivity contribution in [2.45, 2.75) is 25.3 Å².